The molecule has 0 saturated carbocycles. The molecule has 5 nitrogen and oxygen atoms in total. The van der Waals surface area contributed by atoms with Crippen LogP contribution in [0.2, 0.25) is 0 Å². The van der Waals surface area contributed by atoms with Crippen LogP contribution in [0.25, 0.3) is 11.5 Å². The Morgan fingerprint density at radius 1 is 1.50 bits per heavy atom. The molecule has 0 bridgehead atoms. The van der Waals surface area contributed by atoms with Gasteiger partial charge in [-0.25, -0.2) is 0 Å². The normalized spacial score (nSPS) is 19.2. The van der Waals surface area contributed by atoms with E-state index in [0.717, 1.165) is 37.5 Å². The summed E-state index contributed by atoms with van der Waals surface area (Å²) >= 11 is 5.27. The Bertz CT molecular complexity index is 571. The second kappa shape index (κ2) is 4.99. The molecule has 1 N–H and O–H groups in total. The molecular weight excluding hydrogens is 248 g/mol. The summed E-state index contributed by atoms with van der Waals surface area (Å²) in [5.74, 6) is 0.774. The summed E-state index contributed by atoms with van der Waals surface area (Å²) in [7, 11) is 0. The highest BCUT2D eigenvalue weighted by molar-refractivity contribution is 7.71. The van der Waals surface area contributed by atoms with Gasteiger partial charge in [-0.3, -0.25) is 14.6 Å². The Labute approximate surface area is 110 Å². The number of aromatic amines is 1. The van der Waals surface area contributed by atoms with Crippen molar-refractivity contribution in [1.82, 2.24) is 19.7 Å². The summed E-state index contributed by atoms with van der Waals surface area (Å²) in [6.07, 6.45) is 4.18. The molecule has 1 aliphatic heterocycles. The predicted molar refractivity (Wildman–Crippen MR) is 69.6 cm³/mol. The maximum atomic E-state index is 5.64. The van der Waals surface area contributed by atoms with Gasteiger partial charge in [0, 0.05) is 12.8 Å². The monoisotopic (exact) mass is 262 g/mol. The molecule has 0 amide bonds. The Morgan fingerprint density at radius 3 is 3.17 bits per heavy atom. The Kier molecular flexibility index (Phi) is 3.21. The Balaban J connectivity index is 1.93. The Hall–Kier alpha value is -1.53. The van der Waals surface area contributed by atoms with Crippen LogP contribution in [0.5, 0.6) is 0 Å². The molecule has 1 fully saturated rings. The second-order valence-corrected chi connectivity index (χ2v) is 4.70. The van der Waals surface area contributed by atoms with Gasteiger partial charge in [-0.15, -0.1) is 0 Å². The zero-order valence-electron chi connectivity index (χ0n) is 9.87. The van der Waals surface area contributed by atoms with E-state index in [9.17, 15) is 0 Å². The van der Waals surface area contributed by atoms with Gasteiger partial charge < -0.3 is 4.74 Å². The molecule has 18 heavy (non-hydrogen) atoms. The average Bonchev–Trinajstić information content (AvgIpc) is 3.03. The van der Waals surface area contributed by atoms with Crippen molar-refractivity contribution in [2.45, 2.75) is 25.5 Å². The van der Waals surface area contributed by atoms with Gasteiger partial charge in [-0.1, -0.05) is 6.07 Å². The van der Waals surface area contributed by atoms with E-state index >= 15 is 0 Å². The van der Waals surface area contributed by atoms with E-state index in [1.165, 1.54) is 0 Å². The van der Waals surface area contributed by atoms with Crippen molar-refractivity contribution in [2.24, 2.45) is 0 Å². The minimum Gasteiger partial charge on any atom is -0.376 e. The van der Waals surface area contributed by atoms with Gasteiger partial charge in [0.05, 0.1) is 12.6 Å². The molecule has 0 radical (unpaired) electrons. The number of nitrogens with zero attached hydrogens (tertiary/aromatic N) is 3. The lowest BCUT2D eigenvalue weighted by Gasteiger charge is -2.11. The van der Waals surface area contributed by atoms with Crippen LogP contribution in [0, 0.1) is 4.77 Å². The quantitative estimate of drug-likeness (QED) is 0.861. The van der Waals surface area contributed by atoms with Crippen LogP contribution in [-0.4, -0.2) is 32.5 Å². The number of hydrogen-bond acceptors (Lipinski definition) is 4. The first kappa shape index (κ1) is 11.6. The zero-order chi connectivity index (χ0) is 12.4. The van der Waals surface area contributed by atoms with E-state index in [1.807, 2.05) is 22.8 Å². The third kappa shape index (κ3) is 2.21. The SMILES string of the molecule is S=c1[nH]nc(-c2ccccn2)n1C[C@H]1CCCO1. The number of pyridine rings is 1. The number of aromatic nitrogens is 4. The smallest absolute Gasteiger partial charge is 0.195 e. The van der Waals surface area contributed by atoms with Crippen LogP contribution in [0.3, 0.4) is 0 Å². The number of nitrogens with one attached hydrogen (secondary N) is 1. The van der Waals surface area contributed by atoms with E-state index in [0.29, 0.717) is 4.77 Å². The summed E-state index contributed by atoms with van der Waals surface area (Å²) in [5, 5.41) is 7.09. The summed E-state index contributed by atoms with van der Waals surface area (Å²) in [6.45, 7) is 1.58. The predicted octanol–water partition coefficient (Wildman–Crippen LogP) is 2.18. The van der Waals surface area contributed by atoms with Crippen molar-refractivity contribution in [1.29, 1.82) is 0 Å². The lowest BCUT2D eigenvalue weighted by Crippen LogP contribution is -2.16. The van der Waals surface area contributed by atoms with Crippen molar-refractivity contribution in [3.05, 3.63) is 29.2 Å². The van der Waals surface area contributed by atoms with Crippen molar-refractivity contribution in [3.8, 4) is 11.5 Å². The summed E-state index contributed by atoms with van der Waals surface area (Å²) in [5.41, 5.74) is 0.822. The molecule has 6 heteroatoms. The lowest BCUT2D eigenvalue weighted by molar-refractivity contribution is 0.0969. The first-order valence-corrected chi connectivity index (χ1v) is 6.43. The third-order valence-electron chi connectivity index (χ3n) is 3.06. The van der Waals surface area contributed by atoms with Crippen molar-refractivity contribution < 1.29 is 4.74 Å². The fourth-order valence-electron chi connectivity index (χ4n) is 2.17. The van der Waals surface area contributed by atoms with Crippen molar-refractivity contribution >= 4 is 12.2 Å². The van der Waals surface area contributed by atoms with Crippen LogP contribution in [0.15, 0.2) is 24.4 Å². The second-order valence-electron chi connectivity index (χ2n) is 4.31. The summed E-state index contributed by atoms with van der Waals surface area (Å²) in [6, 6.07) is 5.75. The van der Waals surface area contributed by atoms with Crippen LogP contribution in [0.4, 0.5) is 0 Å². The van der Waals surface area contributed by atoms with E-state index in [-0.39, 0.29) is 6.10 Å². The highest BCUT2D eigenvalue weighted by Gasteiger charge is 2.19. The standard InChI is InChI=1S/C12H14N4OS/c18-12-15-14-11(10-5-1-2-6-13-10)16(12)8-9-4-3-7-17-9/h1-2,5-6,9H,3-4,7-8H2,(H,15,18)/t9-/m1/s1. The van der Waals surface area contributed by atoms with Crippen LogP contribution < -0.4 is 0 Å². The van der Waals surface area contributed by atoms with Gasteiger partial charge in [0.1, 0.15) is 5.69 Å². The fraction of sp³-hybridized carbons (Fsp3) is 0.417. The summed E-state index contributed by atoms with van der Waals surface area (Å²) in [4.78, 5) is 4.31. The minimum absolute atomic E-state index is 0.233. The van der Waals surface area contributed by atoms with Gasteiger partial charge in [0.2, 0.25) is 0 Å². The molecule has 1 aliphatic rings. The number of rotatable bonds is 3. The van der Waals surface area contributed by atoms with Gasteiger partial charge >= 0.3 is 0 Å². The maximum Gasteiger partial charge on any atom is 0.195 e. The first-order chi connectivity index (χ1) is 8.84. The molecule has 0 aromatic carbocycles. The van der Waals surface area contributed by atoms with Gasteiger partial charge in [0.25, 0.3) is 0 Å². The van der Waals surface area contributed by atoms with E-state index in [4.69, 9.17) is 17.0 Å². The maximum absolute atomic E-state index is 5.64. The number of H-pyrrole nitrogens is 1. The molecular formula is C12H14N4OS. The van der Waals surface area contributed by atoms with Crippen LogP contribution >= 0.6 is 12.2 Å². The molecule has 3 heterocycles. The zero-order valence-corrected chi connectivity index (χ0v) is 10.7. The number of ether oxygens (including phenoxy) is 1. The van der Waals surface area contributed by atoms with Crippen molar-refractivity contribution in [2.75, 3.05) is 6.61 Å². The fourth-order valence-corrected chi connectivity index (χ4v) is 2.38. The molecule has 0 aliphatic carbocycles. The molecule has 3 rings (SSSR count). The molecule has 2 aromatic rings. The highest BCUT2D eigenvalue weighted by Crippen LogP contribution is 2.19. The molecule has 0 spiro atoms. The molecule has 94 valence electrons. The van der Waals surface area contributed by atoms with E-state index in [1.54, 1.807) is 6.20 Å². The minimum atomic E-state index is 0.233. The van der Waals surface area contributed by atoms with E-state index in [2.05, 4.69) is 15.2 Å². The topological polar surface area (TPSA) is 55.7 Å². The molecule has 0 unspecified atom stereocenters. The Morgan fingerprint density at radius 2 is 2.44 bits per heavy atom. The lowest BCUT2D eigenvalue weighted by atomic mass is 10.2. The van der Waals surface area contributed by atoms with Crippen molar-refractivity contribution in [3.63, 3.8) is 0 Å². The summed E-state index contributed by atoms with van der Waals surface area (Å²) < 4.78 is 8.23. The molecule has 1 atom stereocenters. The third-order valence-corrected chi connectivity index (χ3v) is 3.37. The van der Waals surface area contributed by atoms with Gasteiger partial charge in [-0.2, -0.15) is 5.10 Å². The van der Waals surface area contributed by atoms with E-state index < -0.39 is 0 Å². The first-order valence-electron chi connectivity index (χ1n) is 6.03. The molecule has 2 aromatic heterocycles. The highest BCUT2D eigenvalue weighted by atomic mass is 32.1. The van der Waals surface area contributed by atoms with Gasteiger partial charge in [0.15, 0.2) is 10.6 Å². The average molecular weight is 262 g/mol. The largest absolute Gasteiger partial charge is 0.376 e. The van der Waals surface area contributed by atoms with Crippen LogP contribution in [-0.2, 0) is 11.3 Å². The van der Waals surface area contributed by atoms with Gasteiger partial charge in [-0.05, 0) is 37.2 Å². The number of hydrogen-bond donors (Lipinski definition) is 1. The molecule has 1 saturated heterocycles. The van der Waals surface area contributed by atoms with Crippen LogP contribution in [0.1, 0.15) is 12.8 Å².